The molecule has 1 aromatic heterocycles. The van der Waals surface area contributed by atoms with E-state index >= 15 is 0 Å². The molecule has 2 amide bonds. The molecule has 182 valence electrons. The van der Waals surface area contributed by atoms with Gasteiger partial charge in [0, 0.05) is 24.1 Å². The van der Waals surface area contributed by atoms with Gasteiger partial charge in [-0.25, -0.2) is 0 Å². The number of nitrogens with one attached hydrogen (secondary N) is 1. The maximum Gasteiger partial charge on any atom is 0.268 e. The van der Waals surface area contributed by atoms with Crippen molar-refractivity contribution in [3.63, 3.8) is 0 Å². The van der Waals surface area contributed by atoms with Crippen LogP contribution in [0.15, 0.2) is 41.8 Å². The van der Waals surface area contributed by atoms with Gasteiger partial charge in [0.15, 0.2) is 11.5 Å². The Bertz CT molecular complexity index is 969. The minimum atomic E-state index is -0.818. The van der Waals surface area contributed by atoms with Gasteiger partial charge in [-0.15, -0.1) is 11.3 Å². The molecule has 0 bridgehead atoms. The van der Waals surface area contributed by atoms with Gasteiger partial charge in [-0.2, -0.15) is 0 Å². The minimum Gasteiger partial charge on any atom is -0.485 e. The van der Waals surface area contributed by atoms with Crippen LogP contribution in [-0.2, 0) is 14.3 Å². The van der Waals surface area contributed by atoms with E-state index in [1.54, 1.807) is 11.0 Å². The van der Waals surface area contributed by atoms with Gasteiger partial charge >= 0.3 is 0 Å². The molecule has 0 radical (unpaired) electrons. The number of benzene rings is 1. The first-order valence-electron chi connectivity index (χ1n) is 12.3. The number of thiophene rings is 1. The zero-order valence-electron chi connectivity index (χ0n) is 19.3. The highest BCUT2D eigenvalue weighted by Crippen LogP contribution is 2.34. The summed E-state index contributed by atoms with van der Waals surface area (Å²) in [4.78, 5) is 30.1. The van der Waals surface area contributed by atoms with E-state index in [4.69, 9.17) is 14.2 Å². The van der Waals surface area contributed by atoms with E-state index in [1.807, 2.05) is 35.7 Å². The van der Waals surface area contributed by atoms with Gasteiger partial charge in [0.1, 0.15) is 12.6 Å². The van der Waals surface area contributed by atoms with E-state index < -0.39 is 12.1 Å². The second kappa shape index (κ2) is 10.8. The fourth-order valence-electron chi connectivity index (χ4n) is 5.05. The Kier molecular flexibility index (Phi) is 7.35. The van der Waals surface area contributed by atoms with Gasteiger partial charge in [0.25, 0.3) is 5.91 Å². The number of ether oxygens (including phenoxy) is 3. The number of hydrogen-bond donors (Lipinski definition) is 1. The number of rotatable bonds is 7. The molecule has 2 fully saturated rings. The van der Waals surface area contributed by atoms with Gasteiger partial charge in [0.2, 0.25) is 12.0 Å². The van der Waals surface area contributed by atoms with E-state index in [-0.39, 0.29) is 30.6 Å². The molecule has 34 heavy (non-hydrogen) atoms. The van der Waals surface area contributed by atoms with Gasteiger partial charge in [-0.05, 0) is 49.3 Å². The second-order valence-electron chi connectivity index (χ2n) is 9.25. The third-order valence-corrected chi connectivity index (χ3v) is 7.74. The lowest BCUT2D eigenvalue weighted by Gasteiger charge is -2.36. The maximum absolute atomic E-state index is 13.9. The maximum atomic E-state index is 13.9. The fourth-order valence-corrected chi connectivity index (χ4v) is 5.89. The van der Waals surface area contributed by atoms with Gasteiger partial charge in [-0.1, -0.05) is 37.5 Å². The number of amides is 2. The van der Waals surface area contributed by atoms with Crippen molar-refractivity contribution in [3.8, 4) is 11.5 Å². The van der Waals surface area contributed by atoms with Crippen LogP contribution in [0, 0.1) is 0 Å². The molecule has 0 spiro atoms. The third-order valence-electron chi connectivity index (χ3n) is 6.82. The highest BCUT2D eigenvalue weighted by molar-refractivity contribution is 7.10. The first-order chi connectivity index (χ1) is 16.7. The third kappa shape index (κ3) is 5.23. The van der Waals surface area contributed by atoms with E-state index in [1.165, 1.54) is 17.8 Å². The van der Waals surface area contributed by atoms with Crippen LogP contribution in [0.4, 0.5) is 0 Å². The first-order valence-corrected chi connectivity index (χ1v) is 13.2. The SMILES string of the molecule is O=C(NC1CCCCC1)[C@H](c1cccs1)N(C[C@H]1CCCO1)C(=O)[C@@H]1COc2ccccc2O1. The molecule has 2 aliphatic heterocycles. The Balaban J connectivity index is 1.41. The van der Waals surface area contributed by atoms with Crippen LogP contribution >= 0.6 is 11.3 Å². The minimum absolute atomic E-state index is 0.0920. The Morgan fingerprint density at radius 3 is 2.59 bits per heavy atom. The van der Waals surface area contributed by atoms with Crippen LogP contribution < -0.4 is 14.8 Å². The highest BCUT2D eigenvalue weighted by atomic mass is 32.1. The predicted molar refractivity (Wildman–Crippen MR) is 129 cm³/mol. The normalized spacial score (nSPS) is 23.3. The van der Waals surface area contributed by atoms with E-state index in [9.17, 15) is 9.59 Å². The summed E-state index contributed by atoms with van der Waals surface area (Å²) in [6.07, 6.45) is 6.35. The Morgan fingerprint density at radius 1 is 1.03 bits per heavy atom. The summed E-state index contributed by atoms with van der Waals surface area (Å²) in [5, 5.41) is 5.19. The summed E-state index contributed by atoms with van der Waals surface area (Å²) >= 11 is 1.49. The van der Waals surface area contributed by atoms with Crippen LogP contribution in [0.2, 0.25) is 0 Å². The van der Waals surface area contributed by atoms with Gasteiger partial charge < -0.3 is 24.4 Å². The molecule has 3 heterocycles. The molecule has 1 saturated carbocycles. The van der Waals surface area contributed by atoms with Crippen LogP contribution in [0.25, 0.3) is 0 Å². The number of carbonyl (C=O) groups excluding carboxylic acids is 2. The van der Waals surface area contributed by atoms with Crippen LogP contribution in [0.1, 0.15) is 55.9 Å². The van der Waals surface area contributed by atoms with Crippen molar-refractivity contribution in [1.82, 2.24) is 10.2 Å². The van der Waals surface area contributed by atoms with Crippen molar-refractivity contribution in [1.29, 1.82) is 0 Å². The monoisotopic (exact) mass is 484 g/mol. The molecule has 1 saturated heterocycles. The van der Waals surface area contributed by atoms with E-state index in [2.05, 4.69) is 5.32 Å². The lowest BCUT2D eigenvalue weighted by molar-refractivity contribution is -0.150. The number of fused-ring (bicyclic) bond motifs is 1. The number of nitrogens with zero attached hydrogens (tertiary/aromatic N) is 1. The molecular weight excluding hydrogens is 452 g/mol. The van der Waals surface area contributed by atoms with Crippen molar-refractivity contribution < 1.29 is 23.8 Å². The highest BCUT2D eigenvalue weighted by Gasteiger charge is 2.40. The zero-order valence-corrected chi connectivity index (χ0v) is 20.1. The predicted octanol–water partition coefficient (Wildman–Crippen LogP) is 4.09. The average molecular weight is 485 g/mol. The molecule has 3 aliphatic rings. The summed E-state index contributed by atoms with van der Waals surface area (Å²) < 4.78 is 17.8. The van der Waals surface area contributed by atoms with Crippen molar-refractivity contribution in [2.24, 2.45) is 0 Å². The van der Waals surface area contributed by atoms with Crippen molar-refractivity contribution >= 4 is 23.2 Å². The largest absolute Gasteiger partial charge is 0.485 e. The molecule has 1 aliphatic carbocycles. The molecule has 0 unspecified atom stereocenters. The Labute approximate surface area is 204 Å². The molecule has 3 atom stereocenters. The standard InChI is InChI=1S/C26H32N2O5S/c29-25(27-18-8-2-1-3-9-18)24(23-13-7-15-34-23)28(16-19-10-6-14-31-19)26(30)22-17-32-20-11-4-5-12-21(20)33-22/h4-5,7,11-13,15,18-19,22,24H,1-3,6,8-10,14,16-17H2,(H,27,29)/t19-,22+,24+/m1/s1. The Hall–Kier alpha value is -2.58. The van der Waals surface area contributed by atoms with Crippen LogP contribution in [0.3, 0.4) is 0 Å². The molecular formula is C26H32N2O5S. The summed E-state index contributed by atoms with van der Waals surface area (Å²) in [6, 6.07) is 10.6. The van der Waals surface area contributed by atoms with Crippen LogP contribution in [-0.4, -0.2) is 54.7 Å². The molecule has 1 aromatic carbocycles. The van der Waals surface area contributed by atoms with Gasteiger partial charge in [0.05, 0.1) is 6.10 Å². The summed E-state index contributed by atoms with van der Waals surface area (Å²) in [5.74, 6) is 0.797. The zero-order chi connectivity index (χ0) is 23.3. The lowest BCUT2D eigenvalue weighted by Crippen LogP contribution is -2.54. The van der Waals surface area contributed by atoms with E-state index in [0.717, 1.165) is 43.4 Å². The summed E-state index contributed by atoms with van der Waals surface area (Å²) in [7, 11) is 0. The number of carbonyl (C=O) groups is 2. The van der Waals surface area contributed by atoms with E-state index in [0.29, 0.717) is 24.7 Å². The topological polar surface area (TPSA) is 77.1 Å². The number of hydrogen-bond acceptors (Lipinski definition) is 6. The molecule has 1 N–H and O–H groups in total. The molecule has 8 heteroatoms. The van der Waals surface area contributed by atoms with Gasteiger partial charge in [-0.3, -0.25) is 9.59 Å². The number of para-hydroxylation sites is 2. The average Bonchev–Trinajstić information content (AvgIpc) is 3.58. The summed E-state index contributed by atoms with van der Waals surface area (Å²) in [5.41, 5.74) is 0. The molecule has 5 rings (SSSR count). The van der Waals surface area contributed by atoms with Crippen molar-refractivity contribution in [2.75, 3.05) is 19.8 Å². The second-order valence-corrected chi connectivity index (χ2v) is 10.2. The van der Waals surface area contributed by atoms with Crippen molar-refractivity contribution in [2.45, 2.75) is 69.2 Å². The molecule has 2 aromatic rings. The van der Waals surface area contributed by atoms with Crippen LogP contribution in [0.5, 0.6) is 11.5 Å². The summed E-state index contributed by atoms with van der Waals surface area (Å²) in [6.45, 7) is 1.14. The molecule has 7 nitrogen and oxygen atoms in total. The first kappa shape index (κ1) is 23.2. The Morgan fingerprint density at radius 2 is 1.85 bits per heavy atom. The lowest BCUT2D eigenvalue weighted by atomic mass is 9.95. The smallest absolute Gasteiger partial charge is 0.268 e. The fraction of sp³-hybridized carbons (Fsp3) is 0.538. The quantitative estimate of drug-likeness (QED) is 0.641. The van der Waals surface area contributed by atoms with Crippen molar-refractivity contribution in [3.05, 3.63) is 46.7 Å².